The number of benzene rings is 1. The van der Waals surface area contributed by atoms with E-state index < -0.39 is 0 Å². The Morgan fingerprint density at radius 2 is 1.00 bits per heavy atom. The zero-order chi connectivity index (χ0) is 19.4. The van der Waals surface area contributed by atoms with Crippen LogP contribution in [0.5, 0.6) is 0 Å². The summed E-state index contributed by atoms with van der Waals surface area (Å²) in [6.45, 7) is 0. The Morgan fingerprint density at radius 3 is 1.33 bits per heavy atom. The molecule has 4 heteroatoms. The average molecular weight is 557 g/mol. The molecule has 3 fully saturated rings. The summed E-state index contributed by atoms with van der Waals surface area (Å²) in [5.74, 6) is 0. The molecule has 0 aliphatic heterocycles. The molecule has 0 saturated heterocycles. The summed E-state index contributed by atoms with van der Waals surface area (Å²) in [7, 11) is 0.385. The molecular formula is C26H41Cl2PRu. The number of hydrogen-bond acceptors (Lipinski definition) is 0. The van der Waals surface area contributed by atoms with Gasteiger partial charge in [-0.05, 0) is 55.5 Å². The van der Waals surface area contributed by atoms with Crippen LogP contribution in [0.2, 0.25) is 0 Å². The van der Waals surface area contributed by atoms with Gasteiger partial charge in [-0.3, -0.25) is 0 Å². The third-order valence-electron chi connectivity index (χ3n) is 7.14. The maximum atomic E-state index is 2.52. The molecule has 0 aromatic heterocycles. The molecule has 1 aromatic carbocycles. The van der Waals surface area contributed by atoms with Crippen molar-refractivity contribution in [2.24, 2.45) is 0 Å². The average Bonchev–Trinajstić information content (AvgIpc) is 2.78. The van der Waals surface area contributed by atoms with Crippen molar-refractivity contribution in [2.75, 3.05) is 0 Å². The van der Waals surface area contributed by atoms with Gasteiger partial charge in [-0.1, -0.05) is 65.7 Å². The molecule has 0 N–H and O–H groups in total. The van der Waals surface area contributed by atoms with E-state index in [1.807, 2.05) is 6.07 Å². The van der Waals surface area contributed by atoms with E-state index >= 15 is 0 Å². The molecule has 0 bridgehead atoms. The molecule has 0 atom stereocenters. The van der Waals surface area contributed by atoms with E-state index in [1.54, 1.807) is 77.0 Å². The van der Waals surface area contributed by atoms with Gasteiger partial charge in [0, 0.05) is 0 Å². The van der Waals surface area contributed by atoms with Crippen molar-refractivity contribution in [2.45, 2.75) is 120 Å². The van der Waals surface area contributed by atoms with E-state index in [0.717, 1.165) is 6.42 Å². The standard InChI is InChI=1S/C18H33P.C8H8.2ClH.Ru/c1-4-10-16(11-5-1)19(17-12-6-2-7-13-17)18-14-8-3-9-15-18;1-2-8-6-4-3-5-7-8;;;/h16-18H,1-15H2;1,3-7H,2H2;2*1H;/q;;;;+2/p-2. The summed E-state index contributed by atoms with van der Waals surface area (Å²) < 4.78 is 2.09. The van der Waals surface area contributed by atoms with Crippen LogP contribution in [0.25, 0.3) is 0 Å². The molecule has 0 amide bonds. The SMILES string of the molecule is C1CCC(P(C2CCCCC2)C2CCCCC2)CC1.[Cl-].[Cl-].[Ru+2]=[CH]Cc1ccccc1. The van der Waals surface area contributed by atoms with Crippen LogP contribution in [0.15, 0.2) is 30.3 Å². The van der Waals surface area contributed by atoms with Crippen molar-refractivity contribution in [3.63, 3.8) is 0 Å². The predicted octanol–water partition coefficient (Wildman–Crippen LogP) is 2.05. The van der Waals surface area contributed by atoms with Crippen LogP contribution in [-0.2, 0) is 24.3 Å². The van der Waals surface area contributed by atoms with Crippen molar-refractivity contribution < 1.29 is 42.7 Å². The van der Waals surface area contributed by atoms with Crippen LogP contribution in [0.1, 0.15) is 102 Å². The first-order valence-electron chi connectivity index (χ1n) is 12.1. The Hall–Kier alpha value is 0.723. The van der Waals surface area contributed by atoms with Crippen LogP contribution in [-0.4, -0.2) is 21.6 Å². The predicted molar refractivity (Wildman–Crippen MR) is 124 cm³/mol. The van der Waals surface area contributed by atoms with Gasteiger partial charge >= 0.3 is 64.8 Å². The van der Waals surface area contributed by atoms with Crippen LogP contribution < -0.4 is 24.8 Å². The van der Waals surface area contributed by atoms with E-state index in [9.17, 15) is 0 Å². The third-order valence-corrected chi connectivity index (χ3v) is 11.6. The summed E-state index contributed by atoms with van der Waals surface area (Å²) in [4.78, 5) is 0. The monoisotopic (exact) mass is 556 g/mol. The summed E-state index contributed by atoms with van der Waals surface area (Å²) in [6, 6.07) is 10.4. The first-order chi connectivity index (χ1) is 13.9. The van der Waals surface area contributed by atoms with Crippen LogP contribution >= 0.6 is 7.92 Å². The maximum absolute atomic E-state index is 2.52. The van der Waals surface area contributed by atoms with Gasteiger partial charge in [0.2, 0.25) is 0 Å². The van der Waals surface area contributed by atoms with Crippen LogP contribution in [0.3, 0.4) is 0 Å². The Morgan fingerprint density at radius 1 is 0.633 bits per heavy atom. The quantitative estimate of drug-likeness (QED) is 0.385. The second-order valence-electron chi connectivity index (χ2n) is 9.16. The van der Waals surface area contributed by atoms with E-state index in [4.69, 9.17) is 0 Å². The minimum absolute atomic E-state index is 0. The van der Waals surface area contributed by atoms with E-state index in [2.05, 4.69) is 46.7 Å². The van der Waals surface area contributed by atoms with Gasteiger partial charge in [-0.2, -0.15) is 0 Å². The van der Waals surface area contributed by atoms with Gasteiger partial charge in [-0.15, -0.1) is 0 Å². The Labute approximate surface area is 209 Å². The molecule has 3 saturated carbocycles. The minimum atomic E-state index is 0. The zero-order valence-electron chi connectivity index (χ0n) is 18.6. The van der Waals surface area contributed by atoms with Crippen molar-refractivity contribution in [3.05, 3.63) is 35.9 Å². The molecule has 0 heterocycles. The molecule has 30 heavy (non-hydrogen) atoms. The van der Waals surface area contributed by atoms with Crippen molar-refractivity contribution in [3.8, 4) is 0 Å². The molecule has 3 aliphatic rings. The van der Waals surface area contributed by atoms with Gasteiger partial charge in [0.1, 0.15) is 0 Å². The van der Waals surface area contributed by atoms with Gasteiger partial charge in [0.25, 0.3) is 0 Å². The molecule has 172 valence electrons. The summed E-state index contributed by atoms with van der Waals surface area (Å²) in [5.41, 5.74) is 4.94. The first-order valence-corrected chi connectivity index (χ1v) is 14.7. The Kier molecular flexibility index (Phi) is 16.5. The fraction of sp³-hybridized carbons (Fsp3) is 0.731. The fourth-order valence-electron chi connectivity index (χ4n) is 5.73. The van der Waals surface area contributed by atoms with Gasteiger partial charge in [0.15, 0.2) is 0 Å². The van der Waals surface area contributed by atoms with E-state index in [0.29, 0.717) is 7.92 Å². The van der Waals surface area contributed by atoms with Gasteiger partial charge in [0.05, 0.1) is 0 Å². The Bertz CT molecular complexity index is 492. The summed E-state index contributed by atoms with van der Waals surface area (Å²) in [5, 5.41) is 0. The van der Waals surface area contributed by atoms with Gasteiger partial charge in [-0.25, -0.2) is 0 Å². The van der Waals surface area contributed by atoms with Crippen molar-refractivity contribution in [1.29, 1.82) is 0 Å². The van der Waals surface area contributed by atoms with Crippen LogP contribution in [0.4, 0.5) is 0 Å². The molecule has 1 aromatic rings. The molecule has 0 unspecified atom stereocenters. The second-order valence-corrected chi connectivity index (χ2v) is 13.0. The zero-order valence-corrected chi connectivity index (χ0v) is 22.7. The molecule has 0 nitrogen and oxygen atoms in total. The second kappa shape index (κ2) is 17.2. The van der Waals surface area contributed by atoms with Crippen molar-refractivity contribution in [1.82, 2.24) is 0 Å². The number of rotatable bonds is 5. The Balaban J connectivity index is 0.000000351. The summed E-state index contributed by atoms with van der Waals surface area (Å²) >= 11 is 2.52. The third kappa shape index (κ3) is 9.69. The number of halogens is 2. The van der Waals surface area contributed by atoms with E-state index in [-0.39, 0.29) is 24.8 Å². The first kappa shape index (κ1) is 28.8. The number of hydrogen-bond donors (Lipinski definition) is 0. The van der Waals surface area contributed by atoms with E-state index in [1.165, 1.54) is 41.8 Å². The van der Waals surface area contributed by atoms with Crippen LogP contribution in [0, 0.1) is 0 Å². The normalized spacial score (nSPS) is 21.0. The van der Waals surface area contributed by atoms with Crippen molar-refractivity contribution >= 4 is 12.5 Å². The molecule has 4 rings (SSSR count). The molecular weight excluding hydrogens is 515 g/mol. The molecule has 0 spiro atoms. The summed E-state index contributed by atoms with van der Waals surface area (Å²) in [6.07, 6.45) is 24.7. The molecule has 0 radical (unpaired) electrons. The van der Waals surface area contributed by atoms with Gasteiger partial charge < -0.3 is 24.8 Å². The molecule has 3 aliphatic carbocycles. The fourth-order valence-corrected chi connectivity index (χ4v) is 10.8. The topological polar surface area (TPSA) is 0 Å².